The lowest BCUT2D eigenvalue weighted by Gasteiger charge is -2.03. The standard InChI is InChI=1S/C10H12N2O/c1-3-4-7-11-9-5-6-10(13-2)12-8-9/h1,5-6,8,11H,4,7H2,2H3. The van der Waals surface area contributed by atoms with Gasteiger partial charge in [-0.3, -0.25) is 0 Å². The summed E-state index contributed by atoms with van der Waals surface area (Å²) in [5.74, 6) is 3.17. The van der Waals surface area contributed by atoms with E-state index < -0.39 is 0 Å². The summed E-state index contributed by atoms with van der Waals surface area (Å²) in [6.45, 7) is 0.768. The molecule has 0 aliphatic carbocycles. The van der Waals surface area contributed by atoms with E-state index in [-0.39, 0.29) is 0 Å². The maximum Gasteiger partial charge on any atom is 0.213 e. The van der Waals surface area contributed by atoms with E-state index in [0.29, 0.717) is 12.3 Å². The predicted molar refractivity (Wildman–Crippen MR) is 52.7 cm³/mol. The zero-order valence-electron chi connectivity index (χ0n) is 7.58. The van der Waals surface area contributed by atoms with E-state index >= 15 is 0 Å². The molecule has 3 heteroatoms. The zero-order chi connectivity index (χ0) is 9.52. The van der Waals surface area contributed by atoms with Crippen LogP contribution in [0.3, 0.4) is 0 Å². The molecule has 0 aromatic carbocycles. The van der Waals surface area contributed by atoms with Crippen molar-refractivity contribution >= 4 is 5.69 Å². The molecular formula is C10H12N2O. The quantitative estimate of drug-likeness (QED) is 0.558. The summed E-state index contributed by atoms with van der Waals surface area (Å²) in [6, 6.07) is 3.71. The van der Waals surface area contributed by atoms with Crippen molar-refractivity contribution < 1.29 is 4.74 Å². The second kappa shape index (κ2) is 5.04. The Balaban J connectivity index is 2.45. The Morgan fingerprint density at radius 1 is 1.62 bits per heavy atom. The highest BCUT2D eigenvalue weighted by Crippen LogP contribution is 2.10. The first-order valence-corrected chi connectivity index (χ1v) is 4.04. The van der Waals surface area contributed by atoms with Crippen molar-refractivity contribution in [1.82, 2.24) is 4.98 Å². The Hall–Kier alpha value is -1.69. The van der Waals surface area contributed by atoms with Gasteiger partial charge in [-0.25, -0.2) is 4.98 Å². The highest BCUT2D eigenvalue weighted by Gasteiger charge is 1.92. The van der Waals surface area contributed by atoms with Crippen LogP contribution in [0.2, 0.25) is 0 Å². The molecule has 1 aromatic rings. The Morgan fingerprint density at radius 2 is 2.46 bits per heavy atom. The fourth-order valence-electron chi connectivity index (χ4n) is 0.885. The normalized spacial score (nSPS) is 8.92. The maximum absolute atomic E-state index is 5.11. The molecular weight excluding hydrogens is 164 g/mol. The summed E-state index contributed by atoms with van der Waals surface area (Å²) in [5, 5.41) is 3.14. The number of nitrogens with zero attached hydrogens (tertiary/aromatic N) is 1. The van der Waals surface area contributed by atoms with Crippen LogP contribution in [0.15, 0.2) is 18.3 Å². The van der Waals surface area contributed by atoms with Crippen molar-refractivity contribution in [3.63, 3.8) is 0 Å². The SMILES string of the molecule is C#CCCNc1ccc(OC)nc1. The van der Waals surface area contributed by atoms with E-state index in [2.05, 4.69) is 16.2 Å². The third-order valence-electron chi connectivity index (χ3n) is 1.54. The summed E-state index contributed by atoms with van der Waals surface area (Å²) in [5.41, 5.74) is 0.955. The lowest BCUT2D eigenvalue weighted by atomic mass is 10.4. The van der Waals surface area contributed by atoms with Gasteiger partial charge >= 0.3 is 0 Å². The number of aromatic nitrogens is 1. The number of nitrogens with one attached hydrogen (secondary N) is 1. The van der Waals surface area contributed by atoms with Crippen LogP contribution < -0.4 is 10.1 Å². The van der Waals surface area contributed by atoms with Crippen molar-refractivity contribution in [3.8, 4) is 18.2 Å². The minimum atomic E-state index is 0.613. The molecule has 0 bridgehead atoms. The molecule has 0 amide bonds. The van der Waals surface area contributed by atoms with Crippen molar-refractivity contribution in [1.29, 1.82) is 0 Å². The monoisotopic (exact) mass is 176 g/mol. The van der Waals surface area contributed by atoms with Gasteiger partial charge < -0.3 is 10.1 Å². The second-order valence-corrected chi connectivity index (χ2v) is 2.47. The van der Waals surface area contributed by atoms with E-state index in [1.54, 1.807) is 19.4 Å². The van der Waals surface area contributed by atoms with Gasteiger partial charge in [0.05, 0.1) is 19.0 Å². The molecule has 0 fully saturated rings. The first-order valence-electron chi connectivity index (χ1n) is 4.04. The first-order chi connectivity index (χ1) is 6.36. The number of ether oxygens (including phenoxy) is 1. The van der Waals surface area contributed by atoms with Gasteiger partial charge in [0.15, 0.2) is 0 Å². The van der Waals surface area contributed by atoms with Crippen molar-refractivity contribution in [2.75, 3.05) is 19.0 Å². The fraction of sp³-hybridized carbons (Fsp3) is 0.300. The van der Waals surface area contributed by atoms with Gasteiger partial charge in [-0.1, -0.05) is 0 Å². The van der Waals surface area contributed by atoms with E-state index in [4.69, 9.17) is 11.2 Å². The van der Waals surface area contributed by atoms with E-state index in [1.807, 2.05) is 6.07 Å². The number of rotatable bonds is 4. The van der Waals surface area contributed by atoms with E-state index in [1.165, 1.54) is 0 Å². The minimum Gasteiger partial charge on any atom is -0.481 e. The summed E-state index contributed by atoms with van der Waals surface area (Å²) in [6.07, 6.45) is 7.54. The maximum atomic E-state index is 5.11. The number of terminal acetylenes is 1. The average Bonchev–Trinajstić information content (AvgIpc) is 2.19. The molecule has 1 rings (SSSR count). The van der Waals surface area contributed by atoms with Gasteiger partial charge in [0, 0.05) is 19.0 Å². The van der Waals surface area contributed by atoms with Crippen LogP contribution in [0.1, 0.15) is 6.42 Å². The van der Waals surface area contributed by atoms with Crippen LogP contribution in [0, 0.1) is 12.3 Å². The molecule has 13 heavy (non-hydrogen) atoms. The van der Waals surface area contributed by atoms with Crippen LogP contribution in [-0.2, 0) is 0 Å². The molecule has 1 heterocycles. The van der Waals surface area contributed by atoms with Gasteiger partial charge in [0.25, 0.3) is 0 Å². The Kier molecular flexibility index (Phi) is 3.65. The van der Waals surface area contributed by atoms with Crippen molar-refractivity contribution in [3.05, 3.63) is 18.3 Å². The summed E-state index contributed by atoms with van der Waals surface area (Å²) < 4.78 is 4.92. The predicted octanol–water partition coefficient (Wildman–Crippen LogP) is 1.53. The van der Waals surface area contributed by atoms with Gasteiger partial charge in [0.1, 0.15) is 0 Å². The topological polar surface area (TPSA) is 34.1 Å². The molecule has 0 saturated carbocycles. The number of methoxy groups -OCH3 is 1. The number of hydrogen-bond acceptors (Lipinski definition) is 3. The van der Waals surface area contributed by atoms with Crippen LogP contribution in [-0.4, -0.2) is 18.6 Å². The lowest BCUT2D eigenvalue weighted by molar-refractivity contribution is 0.398. The van der Waals surface area contributed by atoms with Crippen molar-refractivity contribution in [2.24, 2.45) is 0 Å². The Morgan fingerprint density at radius 3 is 3.00 bits per heavy atom. The third kappa shape index (κ3) is 3.04. The molecule has 68 valence electrons. The smallest absolute Gasteiger partial charge is 0.213 e. The van der Waals surface area contributed by atoms with Crippen LogP contribution >= 0.6 is 0 Å². The molecule has 0 spiro atoms. The zero-order valence-corrected chi connectivity index (χ0v) is 7.58. The molecule has 1 N–H and O–H groups in total. The fourth-order valence-corrected chi connectivity index (χ4v) is 0.885. The van der Waals surface area contributed by atoms with Gasteiger partial charge in [-0.2, -0.15) is 0 Å². The Labute approximate surface area is 78.1 Å². The minimum absolute atomic E-state index is 0.613. The van der Waals surface area contributed by atoms with E-state index in [0.717, 1.165) is 12.2 Å². The molecule has 0 aliphatic rings. The van der Waals surface area contributed by atoms with Gasteiger partial charge in [-0.15, -0.1) is 12.3 Å². The first kappa shape index (κ1) is 9.40. The van der Waals surface area contributed by atoms with E-state index in [9.17, 15) is 0 Å². The molecule has 0 saturated heterocycles. The van der Waals surface area contributed by atoms with Crippen molar-refractivity contribution in [2.45, 2.75) is 6.42 Å². The second-order valence-electron chi connectivity index (χ2n) is 2.47. The van der Waals surface area contributed by atoms with Crippen LogP contribution in [0.5, 0.6) is 5.88 Å². The Bertz CT molecular complexity index is 287. The number of hydrogen-bond donors (Lipinski definition) is 1. The summed E-state index contributed by atoms with van der Waals surface area (Å²) >= 11 is 0. The molecule has 0 aliphatic heterocycles. The molecule has 0 atom stereocenters. The molecule has 1 aromatic heterocycles. The molecule has 3 nitrogen and oxygen atoms in total. The molecule has 0 unspecified atom stereocenters. The van der Waals surface area contributed by atoms with Crippen LogP contribution in [0.4, 0.5) is 5.69 Å². The highest BCUT2D eigenvalue weighted by molar-refractivity contribution is 5.41. The largest absolute Gasteiger partial charge is 0.481 e. The molecule has 0 radical (unpaired) electrons. The third-order valence-corrected chi connectivity index (χ3v) is 1.54. The summed E-state index contributed by atoms with van der Waals surface area (Å²) in [4.78, 5) is 4.04. The average molecular weight is 176 g/mol. The summed E-state index contributed by atoms with van der Waals surface area (Å²) in [7, 11) is 1.59. The van der Waals surface area contributed by atoms with Crippen LogP contribution in [0.25, 0.3) is 0 Å². The number of pyridine rings is 1. The lowest BCUT2D eigenvalue weighted by Crippen LogP contribution is -2.00. The van der Waals surface area contributed by atoms with Gasteiger partial charge in [-0.05, 0) is 6.07 Å². The van der Waals surface area contributed by atoms with Gasteiger partial charge in [0.2, 0.25) is 5.88 Å². The highest BCUT2D eigenvalue weighted by atomic mass is 16.5. The number of anilines is 1.